The molecule has 1 heterocycles. The molecule has 0 radical (unpaired) electrons. The van der Waals surface area contributed by atoms with Gasteiger partial charge in [0.05, 0.1) is 19.8 Å². The Morgan fingerprint density at radius 3 is 2.52 bits per heavy atom. The molecule has 3 rings (SSSR count). The van der Waals surface area contributed by atoms with Gasteiger partial charge < -0.3 is 19.7 Å². The third-order valence-electron chi connectivity index (χ3n) is 4.67. The molecule has 0 bridgehead atoms. The van der Waals surface area contributed by atoms with E-state index in [9.17, 15) is 9.59 Å². The Bertz CT molecular complexity index is 829. The van der Waals surface area contributed by atoms with Gasteiger partial charge in [-0.2, -0.15) is 0 Å². The van der Waals surface area contributed by atoms with E-state index in [0.29, 0.717) is 29.2 Å². The minimum atomic E-state index is -0.262. The molecule has 0 aromatic heterocycles. The molecule has 0 saturated carbocycles. The van der Waals surface area contributed by atoms with E-state index in [1.165, 1.54) is 7.11 Å². The number of nitrogens with one attached hydrogen (secondary N) is 1. The molecule has 6 nitrogen and oxygen atoms in total. The summed E-state index contributed by atoms with van der Waals surface area (Å²) in [5, 5.41) is 2.88. The first kappa shape index (κ1) is 18.8. The van der Waals surface area contributed by atoms with Crippen molar-refractivity contribution in [3.63, 3.8) is 0 Å². The summed E-state index contributed by atoms with van der Waals surface area (Å²) in [5.41, 5.74) is 1.93. The van der Waals surface area contributed by atoms with Crippen molar-refractivity contribution in [3.8, 4) is 11.5 Å². The minimum Gasteiger partial charge on any atom is -0.497 e. The summed E-state index contributed by atoms with van der Waals surface area (Å²) >= 11 is 0. The van der Waals surface area contributed by atoms with Crippen molar-refractivity contribution in [2.45, 2.75) is 19.4 Å². The number of hydrogen-bond acceptors (Lipinski definition) is 4. The van der Waals surface area contributed by atoms with Crippen molar-refractivity contribution in [2.24, 2.45) is 0 Å². The Hall–Kier alpha value is -3.02. The second kappa shape index (κ2) is 8.58. The number of hydrogen-bond donors (Lipinski definition) is 1. The molecular formula is C21H24N2O4. The lowest BCUT2D eigenvalue weighted by atomic mass is 10.1. The second-order valence-corrected chi connectivity index (χ2v) is 6.45. The van der Waals surface area contributed by atoms with Gasteiger partial charge in [-0.25, -0.2) is 0 Å². The molecule has 2 aromatic carbocycles. The molecule has 1 fully saturated rings. The van der Waals surface area contributed by atoms with E-state index >= 15 is 0 Å². The van der Waals surface area contributed by atoms with Crippen LogP contribution >= 0.6 is 0 Å². The van der Waals surface area contributed by atoms with E-state index in [4.69, 9.17) is 9.47 Å². The molecular weight excluding hydrogens is 344 g/mol. The van der Waals surface area contributed by atoms with Crippen LogP contribution in [-0.2, 0) is 6.54 Å². The third kappa shape index (κ3) is 4.39. The van der Waals surface area contributed by atoms with Gasteiger partial charge in [-0.15, -0.1) is 0 Å². The van der Waals surface area contributed by atoms with Gasteiger partial charge in [0.15, 0.2) is 0 Å². The molecule has 2 amide bonds. The number of carbonyl (C=O) groups excluding carboxylic acids is 2. The van der Waals surface area contributed by atoms with Crippen LogP contribution in [-0.4, -0.2) is 44.0 Å². The van der Waals surface area contributed by atoms with Crippen LogP contribution in [0.1, 0.15) is 39.1 Å². The fraction of sp³-hybridized carbons (Fsp3) is 0.333. The van der Waals surface area contributed by atoms with Crippen LogP contribution in [0, 0.1) is 0 Å². The van der Waals surface area contributed by atoms with Crippen molar-refractivity contribution >= 4 is 11.8 Å². The predicted molar refractivity (Wildman–Crippen MR) is 102 cm³/mol. The molecule has 1 aliphatic rings. The summed E-state index contributed by atoms with van der Waals surface area (Å²) < 4.78 is 10.4. The molecule has 1 N–H and O–H groups in total. The topological polar surface area (TPSA) is 67.9 Å². The highest BCUT2D eigenvalue weighted by Gasteiger charge is 2.19. The van der Waals surface area contributed by atoms with Gasteiger partial charge >= 0.3 is 0 Å². The van der Waals surface area contributed by atoms with E-state index in [0.717, 1.165) is 31.5 Å². The Kier molecular flexibility index (Phi) is 5.96. The van der Waals surface area contributed by atoms with Gasteiger partial charge in [-0.3, -0.25) is 9.59 Å². The predicted octanol–water partition coefficient (Wildman–Crippen LogP) is 2.87. The average molecular weight is 368 g/mol. The fourth-order valence-corrected chi connectivity index (χ4v) is 3.19. The largest absolute Gasteiger partial charge is 0.497 e. The second-order valence-electron chi connectivity index (χ2n) is 6.45. The van der Waals surface area contributed by atoms with Crippen LogP contribution in [0.5, 0.6) is 11.5 Å². The number of rotatable bonds is 6. The molecule has 0 aliphatic carbocycles. The van der Waals surface area contributed by atoms with Crippen molar-refractivity contribution < 1.29 is 19.1 Å². The fourth-order valence-electron chi connectivity index (χ4n) is 3.19. The zero-order valence-electron chi connectivity index (χ0n) is 15.7. The van der Waals surface area contributed by atoms with Gasteiger partial charge in [-0.1, -0.05) is 12.1 Å². The zero-order chi connectivity index (χ0) is 19.2. The molecule has 6 heteroatoms. The van der Waals surface area contributed by atoms with Crippen LogP contribution in [0.3, 0.4) is 0 Å². The lowest BCUT2D eigenvalue weighted by Crippen LogP contribution is -2.28. The van der Waals surface area contributed by atoms with Crippen molar-refractivity contribution in [1.29, 1.82) is 0 Å². The summed E-state index contributed by atoms with van der Waals surface area (Å²) in [6.45, 7) is 1.95. The maximum atomic E-state index is 12.6. The SMILES string of the molecule is COc1ccc(OC)c(C(=O)NCc2cccc(C(=O)N3CCCC3)c2)c1. The van der Waals surface area contributed by atoms with E-state index < -0.39 is 0 Å². The highest BCUT2D eigenvalue weighted by atomic mass is 16.5. The Balaban J connectivity index is 1.69. The highest BCUT2D eigenvalue weighted by Crippen LogP contribution is 2.24. The van der Waals surface area contributed by atoms with Gasteiger partial charge in [0.2, 0.25) is 0 Å². The van der Waals surface area contributed by atoms with Gasteiger partial charge in [0, 0.05) is 25.2 Å². The van der Waals surface area contributed by atoms with E-state index in [-0.39, 0.29) is 11.8 Å². The lowest BCUT2D eigenvalue weighted by Gasteiger charge is -2.16. The first-order chi connectivity index (χ1) is 13.1. The van der Waals surface area contributed by atoms with Crippen LogP contribution < -0.4 is 14.8 Å². The molecule has 0 atom stereocenters. The normalized spacial score (nSPS) is 13.3. The number of amides is 2. The van der Waals surface area contributed by atoms with Crippen molar-refractivity contribution in [1.82, 2.24) is 10.2 Å². The molecule has 1 saturated heterocycles. The van der Waals surface area contributed by atoms with E-state index in [1.807, 2.05) is 29.2 Å². The van der Waals surface area contributed by atoms with E-state index in [2.05, 4.69) is 5.32 Å². The Morgan fingerprint density at radius 1 is 1.04 bits per heavy atom. The van der Waals surface area contributed by atoms with Crippen molar-refractivity contribution in [3.05, 3.63) is 59.2 Å². The molecule has 0 unspecified atom stereocenters. The highest BCUT2D eigenvalue weighted by molar-refractivity contribution is 5.97. The molecule has 27 heavy (non-hydrogen) atoms. The lowest BCUT2D eigenvalue weighted by molar-refractivity contribution is 0.0792. The standard InChI is InChI=1S/C21H24N2O4/c1-26-17-8-9-19(27-2)18(13-17)20(24)22-14-15-6-5-7-16(12-15)21(25)23-10-3-4-11-23/h5-9,12-13H,3-4,10-11,14H2,1-2H3,(H,22,24). The first-order valence-corrected chi connectivity index (χ1v) is 9.01. The molecule has 1 aliphatic heterocycles. The monoisotopic (exact) mass is 368 g/mol. The smallest absolute Gasteiger partial charge is 0.255 e. The molecule has 142 valence electrons. The molecule has 2 aromatic rings. The van der Waals surface area contributed by atoms with Gasteiger partial charge in [0.1, 0.15) is 11.5 Å². The number of benzene rings is 2. The number of nitrogens with zero attached hydrogens (tertiary/aromatic N) is 1. The summed E-state index contributed by atoms with van der Waals surface area (Å²) in [7, 11) is 3.07. The number of carbonyl (C=O) groups is 2. The van der Waals surface area contributed by atoms with Crippen LogP contribution in [0.15, 0.2) is 42.5 Å². The maximum Gasteiger partial charge on any atom is 0.255 e. The summed E-state index contributed by atoms with van der Waals surface area (Å²) in [6, 6.07) is 12.5. The van der Waals surface area contributed by atoms with Gasteiger partial charge in [0.25, 0.3) is 11.8 Å². The third-order valence-corrected chi connectivity index (χ3v) is 4.67. The maximum absolute atomic E-state index is 12.6. The number of ether oxygens (including phenoxy) is 2. The van der Waals surface area contributed by atoms with Crippen molar-refractivity contribution in [2.75, 3.05) is 27.3 Å². The quantitative estimate of drug-likeness (QED) is 0.851. The summed E-state index contributed by atoms with van der Waals surface area (Å²) in [5.74, 6) is 0.850. The Morgan fingerprint density at radius 2 is 1.81 bits per heavy atom. The van der Waals surface area contributed by atoms with Gasteiger partial charge in [-0.05, 0) is 48.7 Å². The summed E-state index contributed by atoms with van der Waals surface area (Å²) in [6.07, 6.45) is 2.12. The average Bonchev–Trinajstić information content (AvgIpc) is 3.26. The Labute approximate surface area is 159 Å². The molecule has 0 spiro atoms. The van der Waals surface area contributed by atoms with Crippen LogP contribution in [0.25, 0.3) is 0 Å². The summed E-state index contributed by atoms with van der Waals surface area (Å²) in [4.78, 5) is 27.0. The first-order valence-electron chi connectivity index (χ1n) is 9.01. The van der Waals surface area contributed by atoms with Crippen LogP contribution in [0.2, 0.25) is 0 Å². The van der Waals surface area contributed by atoms with E-state index in [1.54, 1.807) is 25.3 Å². The number of methoxy groups -OCH3 is 2. The minimum absolute atomic E-state index is 0.0511. The number of likely N-dealkylation sites (tertiary alicyclic amines) is 1. The zero-order valence-corrected chi connectivity index (χ0v) is 15.7. The van der Waals surface area contributed by atoms with Crippen LogP contribution in [0.4, 0.5) is 0 Å².